The van der Waals surface area contributed by atoms with Gasteiger partial charge in [0.05, 0.1) is 10.6 Å². The van der Waals surface area contributed by atoms with E-state index in [1.54, 1.807) is 0 Å². The number of carbonyl (C=O) groups excluding carboxylic acids is 1. The van der Waals surface area contributed by atoms with Gasteiger partial charge in [-0.05, 0) is 30.3 Å². The molecule has 19 heavy (non-hydrogen) atoms. The number of rotatable bonds is 2. The van der Waals surface area contributed by atoms with Gasteiger partial charge in [0.15, 0.2) is 17.4 Å². The van der Waals surface area contributed by atoms with Crippen LogP contribution in [0.4, 0.5) is 13.2 Å². The van der Waals surface area contributed by atoms with Crippen LogP contribution in [0.1, 0.15) is 15.9 Å². The Bertz CT molecular complexity index is 671. The standard InChI is InChI=1S/C13H5Cl2F3O/c14-6-1-2-10(16)8(3-6)13(19)7-4-11(17)12(18)5-9(7)15/h1-5H. The van der Waals surface area contributed by atoms with Gasteiger partial charge in [0.1, 0.15) is 5.82 Å². The predicted octanol–water partition coefficient (Wildman–Crippen LogP) is 4.64. The fourth-order valence-electron chi connectivity index (χ4n) is 1.51. The number of hydrogen-bond donors (Lipinski definition) is 0. The molecule has 0 bridgehead atoms. The molecule has 98 valence electrons. The molecule has 0 aliphatic rings. The van der Waals surface area contributed by atoms with Gasteiger partial charge in [0.2, 0.25) is 0 Å². The molecular formula is C13H5Cl2F3O. The lowest BCUT2D eigenvalue weighted by molar-refractivity contribution is 0.103. The molecule has 0 heterocycles. The monoisotopic (exact) mass is 304 g/mol. The molecule has 0 saturated carbocycles. The lowest BCUT2D eigenvalue weighted by Crippen LogP contribution is -2.06. The topological polar surface area (TPSA) is 17.1 Å². The molecule has 0 radical (unpaired) electrons. The van der Waals surface area contributed by atoms with Crippen LogP contribution in [-0.2, 0) is 0 Å². The zero-order chi connectivity index (χ0) is 14.2. The summed E-state index contributed by atoms with van der Waals surface area (Å²) in [4.78, 5) is 12.0. The highest BCUT2D eigenvalue weighted by Crippen LogP contribution is 2.25. The highest BCUT2D eigenvalue weighted by Gasteiger charge is 2.19. The van der Waals surface area contributed by atoms with E-state index in [9.17, 15) is 18.0 Å². The molecule has 0 spiro atoms. The van der Waals surface area contributed by atoms with Gasteiger partial charge in [0, 0.05) is 10.6 Å². The Balaban J connectivity index is 2.56. The van der Waals surface area contributed by atoms with Gasteiger partial charge in [-0.15, -0.1) is 0 Å². The molecule has 2 aromatic rings. The molecule has 0 aromatic heterocycles. The summed E-state index contributed by atoms with van der Waals surface area (Å²) in [5.41, 5.74) is -0.692. The zero-order valence-corrected chi connectivity index (χ0v) is 10.7. The molecule has 0 unspecified atom stereocenters. The van der Waals surface area contributed by atoms with E-state index in [2.05, 4.69) is 0 Å². The Labute approximate surface area is 116 Å². The van der Waals surface area contributed by atoms with Crippen LogP contribution in [0, 0.1) is 17.5 Å². The van der Waals surface area contributed by atoms with Crippen molar-refractivity contribution in [3.8, 4) is 0 Å². The molecule has 0 saturated heterocycles. The molecule has 0 aliphatic carbocycles. The van der Waals surface area contributed by atoms with E-state index in [-0.39, 0.29) is 21.2 Å². The van der Waals surface area contributed by atoms with Crippen molar-refractivity contribution in [2.24, 2.45) is 0 Å². The van der Waals surface area contributed by atoms with Crippen LogP contribution in [0.3, 0.4) is 0 Å². The quantitative estimate of drug-likeness (QED) is 0.583. The van der Waals surface area contributed by atoms with Crippen LogP contribution < -0.4 is 0 Å². The van der Waals surface area contributed by atoms with Crippen molar-refractivity contribution in [1.29, 1.82) is 0 Å². The fraction of sp³-hybridized carbons (Fsp3) is 0. The SMILES string of the molecule is O=C(c1cc(Cl)ccc1F)c1cc(F)c(F)cc1Cl. The minimum atomic E-state index is -1.24. The van der Waals surface area contributed by atoms with Crippen molar-refractivity contribution in [2.75, 3.05) is 0 Å². The summed E-state index contributed by atoms with van der Waals surface area (Å²) < 4.78 is 39.5. The fourth-order valence-corrected chi connectivity index (χ4v) is 1.92. The van der Waals surface area contributed by atoms with E-state index in [1.165, 1.54) is 6.07 Å². The maximum absolute atomic E-state index is 13.5. The third-order valence-corrected chi connectivity index (χ3v) is 2.98. The molecule has 0 aliphatic heterocycles. The van der Waals surface area contributed by atoms with E-state index in [0.29, 0.717) is 12.1 Å². The van der Waals surface area contributed by atoms with Crippen molar-refractivity contribution in [3.05, 3.63) is 69.0 Å². The maximum atomic E-state index is 13.5. The minimum absolute atomic E-state index is 0.142. The second-order valence-corrected chi connectivity index (χ2v) is 4.54. The summed E-state index contributed by atoms with van der Waals surface area (Å²) >= 11 is 11.3. The van der Waals surface area contributed by atoms with Crippen molar-refractivity contribution in [1.82, 2.24) is 0 Å². The molecule has 0 fully saturated rings. The summed E-state index contributed by atoms with van der Waals surface area (Å²) in [5, 5.41) is -0.160. The van der Waals surface area contributed by atoms with Gasteiger partial charge in [0.25, 0.3) is 0 Å². The van der Waals surface area contributed by atoms with E-state index < -0.39 is 23.2 Å². The number of halogens is 5. The average molecular weight is 305 g/mol. The third-order valence-electron chi connectivity index (χ3n) is 2.43. The van der Waals surface area contributed by atoms with E-state index in [4.69, 9.17) is 23.2 Å². The normalized spacial score (nSPS) is 10.6. The highest BCUT2D eigenvalue weighted by molar-refractivity contribution is 6.35. The molecular weight excluding hydrogens is 300 g/mol. The van der Waals surface area contributed by atoms with E-state index in [0.717, 1.165) is 12.1 Å². The first-order valence-corrected chi connectivity index (χ1v) is 5.80. The largest absolute Gasteiger partial charge is 0.288 e. The van der Waals surface area contributed by atoms with Crippen LogP contribution in [-0.4, -0.2) is 5.78 Å². The summed E-state index contributed by atoms with van der Waals surface area (Å²) in [6.45, 7) is 0. The lowest BCUT2D eigenvalue weighted by Gasteiger charge is -2.06. The number of benzene rings is 2. The van der Waals surface area contributed by atoms with Gasteiger partial charge in [-0.2, -0.15) is 0 Å². The third kappa shape index (κ3) is 2.74. The van der Waals surface area contributed by atoms with Crippen LogP contribution in [0.15, 0.2) is 30.3 Å². The Morgan fingerprint density at radius 3 is 2.16 bits per heavy atom. The van der Waals surface area contributed by atoms with Gasteiger partial charge in [-0.25, -0.2) is 13.2 Å². The van der Waals surface area contributed by atoms with Crippen molar-refractivity contribution >= 4 is 29.0 Å². The average Bonchev–Trinajstić information content (AvgIpc) is 2.36. The molecule has 6 heteroatoms. The van der Waals surface area contributed by atoms with Gasteiger partial charge in [-0.3, -0.25) is 4.79 Å². The molecule has 1 nitrogen and oxygen atoms in total. The van der Waals surface area contributed by atoms with Crippen LogP contribution in [0.2, 0.25) is 10.0 Å². The summed E-state index contributed by atoms with van der Waals surface area (Å²) in [6.07, 6.45) is 0. The van der Waals surface area contributed by atoms with Crippen LogP contribution in [0.25, 0.3) is 0 Å². The lowest BCUT2D eigenvalue weighted by atomic mass is 10.0. The Kier molecular flexibility index (Phi) is 3.83. The number of ketones is 1. The summed E-state index contributed by atoms with van der Waals surface area (Å²) in [7, 11) is 0. The Morgan fingerprint density at radius 1 is 0.842 bits per heavy atom. The van der Waals surface area contributed by atoms with Crippen molar-refractivity contribution in [2.45, 2.75) is 0 Å². The maximum Gasteiger partial charge on any atom is 0.197 e. The van der Waals surface area contributed by atoms with Gasteiger partial charge < -0.3 is 0 Å². The van der Waals surface area contributed by atoms with Crippen LogP contribution in [0.5, 0.6) is 0 Å². The number of hydrogen-bond acceptors (Lipinski definition) is 1. The first-order valence-electron chi connectivity index (χ1n) is 5.04. The Hall–Kier alpha value is -1.52. The molecule has 0 atom stereocenters. The zero-order valence-electron chi connectivity index (χ0n) is 9.18. The highest BCUT2D eigenvalue weighted by atomic mass is 35.5. The van der Waals surface area contributed by atoms with Crippen molar-refractivity contribution in [3.63, 3.8) is 0 Å². The smallest absolute Gasteiger partial charge is 0.197 e. The molecule has 2 rings (SSSR count). The van der Waals surface area contributed by atoms with Crippen LogP contribution >= 0.6 is 23.2 Å². The predicted molar refractivity (Wildman–Crippen MR) is 66.2 cm³/mol. The second kappa shape index (κ2) is 5.23. The second-order valence-electron chi connectivity index (χ2n) is 3.70. The van der Waals surface area contributed by atoms with Gasteiger partial charge in [-0.1, -0.05) is 23.2 Å². The number of carbonyl (C=O) groups is 1. The van der Waals surface area contributed by atoms with E-state index >= 15 is 0 Å². The first-order chi connectivity index (χ1) is 8.90. The summed E-state index contributed by atoms with van der Waals surface area (Å²) in [5.74, 6) is -4.12. The van der Waals surface area contributed by atoms with Gasteiger partial charge >= 0.3 is 0 Å². The van der Waals surface area contributed by atoms with E-state index in [1.807, 2.05) is 0 Å². The molecule has 0 amide bonds. The molecule has 0 N–H and O–H groups in total. The first kappa shape index (κ1) is 13.9. The summed E-state index contributed by atoms with van der Waals surface area (Å²) in [6, 6.07) is 4.65. The minimum Gasteiger partial charge on any atom is -0.288 e. The Morgan fingerprint density at radius 2 is 1.47 bits per heavy atom. The van der Waals surface area contributed by atoms with Crippen molar-refractivity contribution < 1.29 is 18.0 Å². The molecule has 2 aromatic carbocycles.